The summed E-state index contributed by atoms with van der Waals surface area (Å²) in [5, 5.41) is 4.11. The molecule has 2 saturated heterocycles. The van der Waals surface area contributed by atoms with Crippen LogP contribution >= 0.6 is 0 Å². The van der Waals surface area contributed by atoms with Gasteiger partial charge in [0.2, 0.25) is 11.8 Å². The number of rotatable bonds is 8. The number of hydrogen-bond acceptors (Lipinski definition) is 10. The lowest BCUT2D eigenvalue weighted by molar-refractivity contribution is 0.221. The van der Waals surface area contributed by atoms with Crippen LogP contribution in [0.2, 0.25) is 0 Å². The SMILES string of the molecule is CN(C)Cc1nc(N2CCC(COc3cnc(N4C[C@H](c5cc(F)ccc5F)[C@@H](N)C4)nc3)CC2)no1. The second kappa shape index (κ2) is 10.9. The third-order valence-corrected chi connectivity index (χ3v) is 6.91. The normalized spacial score (nSPS) is 20.7. The number of ether oxygens (including phenoxy) is 1. The third kappa shape index (κ3) is 5.96. The van der Waals surface area contributed by atoms with E-state index in [1.807, 2.05) is 23.9 Å². The lowest BCUT2D eigenvalue weighted by Gasteiger charge is -2.30. The number of aromatic nitrogens is 4. The summed E-state index contributed by atoms with van der Waals surface area (Å²) < 4.78 is 39.2. The van der Waals surface area contributed by atoms with Crippen LogP contribution in [0.3, 0.4) is 0 Å². The van der Waals surface area contributed by atoms with Gasteiger partial charge in [0, 0.05) is 38.1 Å². The first-order valence-corrected chi connectivity index (χ1v) is 12.5. The Labute approximate surface area is 214 Å². The maximum atomic E-state index is 14.3. The molecular weight excluding hydrogens is 482 g/mol. The molecule has 5 rings (SSSR count). The monoisotopic (exact) mass is 514 g/mol. The largest absolute Gasteiger partial charge is 0.490 e. The van der Waals surface area contributed by atoms with E-state index in [2.05, 4.69) is 25.0 Å². The minimum Gasteiger partial charge on any atom is -0.490 e. The van der Waals surface area contributed by atoms with Crippen LogP contribution in [0.1, 0.15) is 30.2 Å². The molecule has 12 heteroatoms. The molecule has 2 fully saturated rings. The number of piperidine rings is 1. The number of halogens is 2. The predicted octanol–water partition coefficient (Wildman–Crippen LogP) is 2.43. The Morgan fingerprint density at radius 2 is 1.84 bits per heavy atom. The first-order chi connectivity index (χ1) is 17.9. The summed E-state index contributed by atoms with van der Waals surface area (Å²) in [6.45, 7) is 3.74. The molecule has 4 heterocycles. The van der Waals surface area contributed by atoms with E-state index in [4.69, 9.17) is 15.0 Å². The van der Waals surface area contributed by atoms with Crippen molar-refractivity contribution in [3.8, 4) is 5.75 Å². The molecule has 2 atom stereocenters. The molecule has 0 saturated carbocycles. The zero-order valence-corrected chi connectivity index (χ0v) is 21.1. The molecule has 0 bridgehead atoms. The molecule has 0 unspecified atom stereocenters. The van der Waals surface area contributed by atoms with E-state index in [-0.39, 0.29) is 17.5 Å². The van der Waals surface area contributed by atoms with Crippen LogP contribution in [-0.2, 0) is 6.54 Å². The van der Waals surface area contributed by atoms with Gasteiger partial charge in [-0.15, -0.1) is 0 Å². The van der Waals surface area contributed by atoms with Crippen molar-refractivity contribution >= 4 is 11.9 Å². The summed E-state index contributed by atoms with van der Waals surface area (Å²) >= 11 is 0. The number of nitrogens with zero attached hydrogens (tertiary/aromatic N) is 7. The predicted molar refractivity (Wildman–Crippen MR) is 133 cm³/mol. The number of nitrogens with two attached hydrogens (primary N) is 1. The number of benzene rings is 1. The Balaban J connectivity index is 1.10. The van der Waals surface area contributed by atoms with Crippen molar-refractivity contribution in [3.05, 3.63) is 53.7 Å². The molecule has 1 aromatic carbocycles. The zero-order valence-electron chi connectivity index (χ0n) is 21.1. The quantitative estimate of drug-likeness (QED) is 0.481. The fraction of sp³-hybridized carbons (Fsp3) is 0.520. The summed E-state index contributed by atoms with van der Waals surface area (Å²) in [5.41, 5.74) is 6.54. The first-order valence-electron chi connectivity index (χ1n) is 12.5. The number of anilines is 2. The molecule has 0 spiro atoms. The van der Waals surface area contributed by atoms with Crippen molar-refractivity contribution in [2.24, 2.45) is 11.7 Å². The van der Waals surface area contributed by atoms with Crippen LogP contribution in [0.4, 0.5) is 20.7 Å². The fourth-order valence-electron chi connectivity index (χ4n) is 4.89. The van der Waals surface area contributed by atoms with Gasteiger partial charge in [0.1, 0.15) is 11.6 Å². The smallest absolute Gasteiger partial charge is 0.266 e. The Morgan fingerprint density at radius 1 is 1.08 bits per heavy atom. The average Bonchev–Trinajstić information content (AvgIpc) is 3.51. The average molecular weight is 515 g/mol. The standard InChI is InChI=1S/C25H32F2N8O2/c1-33(2)14-23-31-25(32-37-23)34-7-5-16(6-8-34)15-36-18-10-29-24(30-11-18)35-12-20(22(28)13-35)19-9-17(26)3-4-21(19)27/h3-4,9-11,16,20,22H,5-8,12-15,28H2,1-2H3/t20-,22+/m1/s1. The summed E-state index contributed by atoms with van der Waals surface area (Å²) in [6.07, 6.45) is 5.20. The van der Waals surface area contributed by atoms with E-state index in [1.165, 1.54) is 6.07 Å². The topological polar surface area (TPSA) is 110 Å². The van der Waals surface area contributed by atoms with Crippen LogP contribution in [0.25, 0.3) is 0 Å². The molecule has 37 heavy (non-hydrogen) atoms. The fourth-order valence-corrected chi connectivity index (χ4v) is 4.89. The second-order valence-corrected chi connectivity index (χ2v) is 10.0. The summed E-state index contributed by atoms with van der Waals surface area (Å²) in [6, 6.07) is 3.11. The molecule has 0 radical (unpaired) electrons. The minimum absolute atomic E-state index is 0.286. The second-order valence-electron chi connectivity index (χ2n) is 10.0. The van der Waals surface area contributed by atoms with Gasteiger partial charge in [0.25, 0.3) is 5.95 Å². The van der Waals surface area contributed by atoms with Gasteiger partial charge in [0.05, 0.1) is 25.5 Å². The molecule has 0 amide bonds. The van der Waals surface area contributed by atoms with Gasteiger partial charge in [-0.3, -0.25) is 0 Å². The van der Waals surface area contributed by atoms with Crippen LogP contribution in [-0.4, -0.2) is 77.9 Å². The van der Waals surface area contributed by atoms with Gasteiger partial charge >= 0.3 is 0 Å². The molecule has 10 nitrogen and oxygen atoms in total. The summed E-state index contributed by atoms with van der Waals surface area (Å²) in [7, 11) is 3.92. The molecule has 0 aliphatic carbocycles. The van der Waals surface area contributed by atoms with E-state index in [9.17, 15) is 8.78 Å². The maximum absolute atomic E-state index is 14.3. The highest BCUT2D eigenvalue weighted by Gasteiger charge is 2.34. The van der Waals surface area contributed by atoms with E-state index in [0.717, 1.165) is 38.1 Å². The Hall–Kier alpha value is -3.38. The van der Waals surface area contributed by atoms with Gasteiger partial charge in [0.15, 0.2) is 5.75 Å². The lowest BCUT2D eigenvalue weighted by atomic mass is 9.94. The highest BCUT2D eigenvalue weighted by Crippen LogP contribution is 2.31. The van der Waals surface area contributed by atoms with E-state index >= 15 is 0 Å². The Kier molecular flexibility index (Phi) is 7.47. The van der Waals surface area contributed by atoms with E-state index in [0.29, 0.717) is 55.7 Å². The van der Waals surface area contributed by atoms with Crippen molar-refractivity contribution in [1.82, 2.24) is 25.0 Å². The molecule has 198 valence electrons. The lowest BCUT2D eigenvalue weighted by Crippen LogP contribution is -2.36. The maximum Gasteiger partial charge on any atom is 0.266 e. The van der Waals surface area contributed by atoms with Gasteiger partial charge < -0.3 is 29.7 Å². The molecular formula is C25H32F2N8O2. The van der Waals surface area contributed by atoms with Crippen molar-refractivity contribution in [3.63, 3.8) is 0 Å². The van der Waals surface area contributed by atoms with Gasteiger partial charge in [-0.05, 0) is 61.8 Å². The summed E-state index contributed by atoms with van der Waals surface area (Å²) in [4.78, 5) is 19.4. The molecule has 2 aromatic heterocycles. The van der Waals surface area contributed by atoms with Crippen LogP contribution in [0.5, 0.6) is 5.75 Å². The molecule has 3 aromatic rings. The van der Waals surface area contributed by atoms with Crippen molar-refractivity contribution in [1.29, 1.82) is 0 Å². The van der Waals surface area contributed by atoms with Crippen molar-refractivity contribution in [2.45, 2.75) is 31.3 Å². The van der Waals surface area contributed by atoms with Crippen LogP contribution in [0, 0.1) is 17.6 Å². The van der Waals surface area contributed by atoms with E-state index < -0.39 is 11.6 Å². The van der Waals surface area contributed by atoms with Crippen molar-refractivity contribution in [2.75, 3.05) is 56.7 Å². The van der Waals surface area contributed by atoms with E-state index in [1.54, 1.807) is 12.4 Å². The van der Waals surface area contributed by atoms with Crippen LogP contribution in [0.15, 0.2) is 35.1 Å². The number of hydrogen-bond donors (Lipinski definition) is 1. The molecule has 2 aliphatic heterocycles. The zero-order chi connectivity index (χ0) is 25.9. The van der Waals surface area contributed by atoms with Gasteiger partial charge in [-0.1, -0.05) is 0 Å². The molecule has 2 N–H and O–H groups in total. The first kappa shape index (κ1) is 25.3. The summed E-state index contributed by atoms with van der Waals surface area (Å²) in [5.74, 6) is 1.47. The van der Waals surface area contributed by atoms with Crippen molar-refractivity contribution < 1.29 is 18.0 Å². The Bertz CT molecular complexity index is 1180. The molecule has 2 aliphatic rings. The third-order valence-electron chi connectivity index (χ3n) is 6.91. The minimum atomic E-state index is -0.477. The highest BCUT2D eigenvalue weighted by atomic mass is 19.1. The highest BCUT2D eigenvalue weighted by molar-refractivity contribution is 5.39. The van der Waals surface area contributed by atoms with Gasteiger partial charge in [-0.2, -0.15) is 4.98 Å². The van der Waals surface area contributed by atoms with Crippen LogP contribution < -0.4 is 20.3 Å². The van der Waals surface area contributed by atoms with Gasteiger partial charge in [-0.25, -0.2) is 18.7 Å². The Morgan fingerprint density at radius 3 is 2.57 bits per heavy atom.